The SMILES string of the molecule is CN(Cc1cnn(C)c1)S(=O)(=O)c1ccccc1C(=O)O. The molecule has 0 aliphatic carbocycles. The first-order valence-electron chi connectivity index (χ1n) is 6.08. The van der Waals surface area contributed by atoms with Gasteiger partial charge in [-0.25, -0.2) is 13.2 Å². The average molecular weight is 309 g/mol. The van der Waals surface area contributed by atoms with E-state index in [1.165, 1.54) is 31.3 Å². The smallest absolute Gasteiger partial charge is 0.337 e. The van der Waals surface area contributed by atoms with Crippen molar-refractivity contribution in [1.82, 2.24) is 14.1 Å². The molecule has 0 amide bonds. The number of hydrogen-bond acceptors (Lipinski definition) is 4. The molecule has 0 radical (unpaired) electrons. The van der Waals surface area contributed by atoms with E-state index in [2.05, 4.69) is 5.10 Å². The van der Waals surface area contributed by atoms with Crippen LogP contribution >= 0.6 is 0 Å². The molecule has 21 heavy (non-hydrogen) atoms. The quantitative estimate of drug-likeness (QED) is 0.887. The number of carboxylic acid groups (broad SMARTS) is 1. The van der Waals surface area contributed by atoms with E-state index >= 15 is 0 Å². The van der Waals surface area contributed by atoms with Gasteiger partial charge in [0.1, 0.15) is 0 Å². The van der Waals surface area contributed by atoms with Crippen LogP contribution in [0.1, 0.15) is 15.9 Å². The molecule has 2 aromatic rings. The molecule has 8 heteroatoms. The molecule has 0 spiro atoms. The topological polar surface area (TPSA) is 92.5 Å². The number of carbonyl (C=O) groups is 1. The van der Waals surface area contributed by atoms with Gasteiger partial charge in [0.05, 0.1) is 16.7 Å². The molecule has 0 saturated heterocycles. The summed E-state index contributed by atoms with van der Waals surface area (Å²) in [4.78, 5) is 10.9. The second kappa shape index (κ2) is 5.66. The number of aromatic nitrogens is 2. The van der Waals surface area contributed by atoms with E-state index in [1.54, 1.807) is 24.1 Å². The highest BCUT2D eigenvalue weighted by Gasteiger charge is 2.26. The van der Waals surface area contributed by atoms with E-state index in [0.717, 1.165) is 9.87 Å². The summed E-state index contributed by atoms with van der Waals surface area (Å²) < 4.78 is 27.7. The van der Waals surface area contributed by atoms with E-state index in [4.69, 9.17) is 5.11 Å². The third kappa shape index (κ3) is 3.11. The molecule has 112 valence electrons. The first-order chi connectivity index (χ1) is 9.82. The molecule has 1 heterocycles. The maximum absolute atomic E-state index is 12.5. The molecular formula is C13H15N3O4S. The van der Waals surface area contributed by atoms with Gasteiger partial charge in [0.15, 0.2) is 0 Å². The van der Waals surface area contributed by atoms with Crippen LogP contribution in [0.25, 0.3) is 0 Å². The largest absolute Gasteiger partial charge is 0.478 e. The lowest BCUT2D eigenvalue weighted by Crippen LogP contribution is -2.27. The van der Waals surface area contributed by atoms with Crippen LogP contribution in [0.15, 0.2) is 41.6 Å². The van der Waals surface area contributed by atoms with Crippen LogP contribution in [0.3, 0.4) is 0 Å². The van der Waals surface area contributed by atoms with Crippen LogP contribution in [0, 0.1) is 0 Å². The summed E-state index contributed by atoms with van der Waals surface area (Å²) in [5, 5.41) is 13.1. The molecule has 0 fully saturated rings. The summed E-state index contributed by atoms with van der Waals surface area (Å²) in [6.45, 7) is 0.115. The number of hydrogen-bond donors (Lipinski definition) is 1. The van der Waals surface area contributed by atoms with Gasteiger partial charge in [-0.3, -0.25) is 4.68 Å². The van der Waals surface area contributed by atoms with Gasteiger partial charge in [0.2, 0.25) is 10.0 Å². The van der Waals surface area contributed by atoms with Gasteiger partial charge >= 0.3 is 5.97 Å². The molecule has 0 aliphatic rings. The zero-order valence-electron chi connectivity index (χ0n) is 11.6. The molecular weight excluding hydrogens is 294 g/mol. The van der Waals surface area contributed by atoms with E-state index < -0.39 is 16.0 Å². The number of rotatable bonds is 5. The Kier molecular flexibility index (Phi) is 4.10. The van der Waals surface area contributed by atoms with Gasteiger partial charge in [-0.1, -0.05) is 12.1 Å². The monoisotopic (exact) mass is 309 g/mol. The van der Waals surface area contributed by atoms with Crippen molar-refractivity contribution in [3.63, 3.8) is 0 Å². The molecule has 0 saturated carbocycles. The molecule has 1 N–H and O–H groups in total. The van der Waals surface area contributed by atoms with E-state index in [-0.39, 0.29) is 17.0 Å². The molecule has 7 nitrogen and oxygen atoms in total. The number of sulfonamides is 1. The van der Waals surface area contributed by atoms with Crippen molar-refractivity contribution >= 4 is 16.0 Å². The van der Waals surface area contributed by atoms with Crippen LogP contribution in [0.2, 0.25) is 0 Å². The highest BCUT2D eigenvalue weighted by atomic mass is 32.2. The second-order valence-electron chi connectivity index (χ2n) is 4.58. The highest BCUT2D eigenvalue weighted by Crippen LogP contribution is 2.20. The van der Waals surface area contributed by atoms with Crippen LogP contribution in [0.4, 0.5) is 0 Å². The molecule has 0 aliphatic heterocycles. The van der Waals surface area contributed by atoms with Crippen molar-refractivity contribution in [3.8, 4) is 0 Å². The fraction of sp³-hybridized carbons (Fsp3) is 0.231. The molecule has 0 bridgehead atoms. The Morgan fingerprint density at radius 3 is 2.62 bits per heavy atom. The van der Waals surface area contributed by atoms with Crippen LogP contribution < -0.4 is 0 Å². The summed E-state index contributed by atoms with van der Waals surface area (Å²) in [6.07, 6.45) is 3.27. The van der Waals surface area contributed by atoms with Crippen LogP contribution in [0.5, 0.6) is 0 Å². The maximum atomic E-state index is 12.5. The van der Waals surface area contributed by atoms with Crippen molar-refractivity contribution in [2.75, 3.05) is 7.05 Å². The lowest BCUT2D eigenvalue weighted by molar-refractivity contribution is 0.0692. The van der Waals surface area contributed by atoms with Gasteiger partial charge in [-0.2, -0.15) is 9.40 Å². The van der Waals surface area contributed by atoms with Gasteiger partial charge in [0.25, 0.3) is 0 Å². The number of aromatic carboxylic acids is 1. The first kappa shape index (κ1) is 15.2. The van der Waals surface area contributed by atoms with Gasteiger partial charge < -0.3 is 5.11 Å². The number of aryl methyl sites for hydroxylation is 1. The highest BCUT2D eigenvalue weighted by molar-refractivity contribution is 7.89. The third-order valence-corrected chi connectivity index (χ3v) is 4.83. The predicted octanol–water partition coefficient (Wildman–Crippen LogP) is 0.939. The Morgan fingerprint density at radius 2 is 2.05 bits per heavy atom. The minimum absolute atomic E-state index is 0.115. The Morgan fingerprint density at radius 1 is 1.38 bits per heavy atom. The van der Waals surface area contributed by atoms with Gasteiger partial charge in [-0.15, -0.1) is 0 Å². The molecule has 2 rings (SSSR count). The number of carboxylic acids is 1. The van der Waals surface area contributed by atoms with Gasteiger partial charge in [0, 0.05) is 32.4 Å². The average Bonchev–Trinajstić information content (AvgIpc) is 2.84. The molecule has 1 aromatic carbocycles. The zero-order chi connectivity index (χ0) is 15.6. The Labute approximate surface area is 122 Å². The van der Waals surface area contributed by atoms with E-state index in [1.807, 2.05) is 0 Å². The summed E-state index contributed by atoms with van der Waals surface area (Å²) >= 11 is 0. The summed E-state index contributed by atoms with van der Waals surface area (Å²) in [7, 11) is -0.751. The Balaban J connectivity index is 2.35. The van der Waals surface area contributed by atoms with E-state index in [9.17, 15) is 13.2 Å². The van der Waals surface area contributed by atoms with Crippen molar-refractivity contribution in [2.24, 2.45) is 7.05 Å². The number of nitrogens with zero attached hydrogens (tertiary/aromatic N) is 3. The fourth-order valence-corrected chi connectivity index (χ4v) is 3.27. The van der Waals surface area contributed by atoms with Crippen LogP contribution in [-0.2, 0) is 23.6 Å². The van der Waals surface area contributed by atoms with Crippen molar-refractivity contribution in [1.29, 1.82) is 0 Å². The third-order valence-electron chi connectivity index (χ3n) is 2.97. The minimum atomic E-state index is -3.89. The second-order valence-corrected chi connectivity index (χ2v) is 6.60. The standard InChI is InChI=1S/C13H15N3O4S/c1-15-8-10(7-14-15)9-16(2)21(19,20)12-6-4-3-5-11(12)13(17)18/h3-8H,9H2,1-2H3,(H,17,18). The Hall–Kier alpha value is -2.19. The van der Waals surface area contributed by atoms with E-state index in [0.29, 0.717) is 0 Å². The molecule has 1 aromatic heterocycles. The van der Waals surface area contributed by atoms with Crippen molar-refractivity contribution in [2.45, 2.75) is 11.4 Å². The lowest BCUT2D eigenvalue weighted by atomic mass is 10.2. The van der Waals surface area contributed by atoms with Crippen LogP contribution in [-0.4, -0.2) is 40.6 Å². The summed E-state index contributed by atoms with van der Waals surface area (Å²) in [5.74, 6) is -1.27. The summed E-state index contributed by atoms with van der Waals surface area (Å²) in [5.41, 5.74) is 0.479. The minimum Gasteiger partial charge on any atom is -0.478 e. The number of benzene rings is 1. The van der Waals surface area contributed by atoms with Crippen molar-refractivity contribution < 1.29 is 18.3 Å². The summed E-state index contributed by atoms with van der Waals surface area (Å²) in [6, 6.07) is 5.55. The normalized spacial score (nSPS) is 11.8. The molecule has 0 atom stereocenters. The van der Waals surface area contributed by atoms with Gasteiger partial charge in [-0.05, 0) is 12.1 Å². The zero-order valence-corrected chi connectivity index (χ0v) is 12.4. The maximum Gasteiger partial charge on any atom is 0.337 e. The predicted molar refractivity (Wildman–Crippen MR) is 75.3 cm³/mol. The molecule has 0 unspecified atom stereocenters. The lowest BCUT2D eigenvalue weighted by Gasteiger charge is -2.17. The first-order valence-corrected chi connectivity index (χ1v) is 7.52. The Bertz CT molecular complexity index is 767. The fourth-order valence-electron chi connectivity index (χ4n) is 1.93. The van der Waals surface area contributed by atoms with Crippen molar-refractivity contribution in [3.05, 3.63) is 47.8 Å².